The zero-order valence-electron chi connectivity index (χ0n) is 15.2. The second-order valence-electron chi connectivity index (χ2n) is 5.74. The van der Waals surface area contributed by atoms with Crippen LogP contribution in [0.2, 0.25) is 0 Å². The Hall–Kier alpha value is -3.48. The van der Waals surface area contributed by atoms with Crippen LogP contribution in [0.15, 0.2) is 59.3 Å². The number of furan rings is 1. The SMILES string of the molecule is COc1ccc(CNc2ccc(C(=O)NCc3ccco3)cn2)cc1OC. The number of pyridine rings is 1. The minimum Gasteiger partial charge on any atom is -0.493 e. The van der Waals surface area contributed by atoms with Crippen LogP contribution < -0.4 is 20.1 Å². The van der Waals surface area contributed by atoms with Gasteiger partial charge in [-0.15, -0.1) is 0 Å². The van der Waals surface area contributed by atoms with Crippen LogP contribution in [0.4, 0.5) is 5.82 Å². The molecule has 2 heterocycles. The van der Waals surface area contributed by atoms with Crippen LogP contribution in [-0.4, -0.2) is 25.1 Å². The van der Waals surface area contributed by atoms with Gasteiger partial charge in [0.25, 0.3) is 5.91 Å². The lowest BCUT2D eigenvalue weighted by molar-refractivity contribution is 0.0947. The summed E-state index contributed by atoms with van der Waals surface area (Å²) < 4.78 is 15.7. The van der Waals surface area contributed by atoms with Crippen molar-refractivity contribution in [1.29, 1.82) is 0 Å². The molecular weight excluding hydrogens is 346 g/mol. The molecule has 0 saturated carbocycles. The number of nitrogens with one attached hydrogen (secondary N) is 2. The lowest BCUT2D eigenvalue weighted by Gasteiger charge is -2.11. The fraction of sp³-hybridized carbons (Fsp3) is 0.200. The summed E-state index contributed by atoms with van der Waals surface area (Å²) in [5, 5.41) is 6.00. The zero-order chi connectivity index (χ0) is 19.1. The molecule has 2 aromatic heterocycles. The number of hydrogen-bond acceptors (Lipinski definition) is 6. The molecule has 1 amide bonds. The van der Waals surface area contributed by atoms with Gasteiger partial charge in [-0.2, -0.15) is 0 Å². The number of hydrogen-bond donors (Lipinski definition) is 2. The van der Waals surface area contributed by atoms with Crippen LogP contribution in [0, 0.1) is 0 Å². The van der Waals surface area contributed by atoms with Gasteiger partial charge in [0.2, 0.25) is 0 Å². The van der Waals surface area contributed by atoms with E-state index in [1.165, 1.54) is 6.20 Å². The molecule has 0 radical (unpaired) electrons. The van der Waals surface area contributed by atoms with E-state index in [1.54, 1.807) is 44.7 Å². The standard InChI is InChI=1S/C20H21N3O4/c1-25-17-7-5-14(10-18(17)26-2)11-21-19-8-6-15(12-22-19)20(24)23-13-16-4-3-9-27-16/h3-10,12H,11,13H2,1-2H3,(H,21,22)(H,23,24). The van der Waals surface area contributed by atoms with Gasteiger partial charge in [-0.25, -0.2) is 4.98 Å². The highest BCUT2D eigenvalue weighted by Crippen LogP contribution is 2.27. The number of ether oxygens (including phenoxy) is 2. The van der Waals surface area contributed by atoms with Crippen molar-refractivity contribution in [2.45, 2.75) is 13.1 Å². The van der Waals surface area contributed by atoms with Crippen molar-refractivity contribution in [3.63, 3.8) is 0 Å². The summed E-state index contributed by atoms with van der Waals surface area (Å²) >= 11 is 0. The molecule has 7 nitrogen and oxygen atoms in total. The van der Waals surface area contributed by atoms with Crippen LogP contribution in [0.5, 0.6) is 11.5 Å². The second kappa shape index (κ2) is 8.75. The predicted molar refractivity (Wildman–Crippen MR) is 101 cm³/mol. The Morgan fingerprint density at radius 2 is 1.93 bits per heavy atom. The first-order valence-electron chi connectivity index (χ1n) is 8.41. The highest BCUT2D eigenvalue weighted by molar-refractivity contribution is 5.93. The average molecular weight is 367 g/mol. The minimum absolute atomic E-state index is 0.203. The maximum absolute atomic E-state index is 12.1. The maximum atomic E-state index is 12.1. The quantitative estimate of drug-likeness (QED) is 0.636. The van der Waals surface area contributed by atoms with E-state index in [1.807, 2.05) is 18.2 Å². The lowest BCUT2D eigenvalue weighted by atomic mass is 10.2. The molecule has 0 atom stereocenters. The fourth-order valence-corrected chi connectivity index (χ4v) is 2.50. The number of anilines is 1. The van der Waals surface area contributed by atoms with Crippen LogP contribution in [-0.2, 0) is 13.1 Å². The molecule has 3 rings (SSSR count). The van der Waals surface area contributed by atoms with Gasteiger partial charge < -0.3 is 24.5 Å². The van der Waals surface area contributed by atoms with Crippen molar-refractivity contribution in [3.05, 3.63) is 71.8 Å². The summed E-state index contributed by atoms with van der Waals surface area (Å²) in [6.07, 6.45) is 3.11. The van der Waals surface area contributed by atoms with E-state index >= 15 is 0 Å². The van der Waals surface area contributed by atoms with Gasteiger partial charge in [0.1, 0.15) is 11.6 Å². The van der Waals surface area contributed by atoms with Crippen molar-refractivity contribution in [2.24, 2.45) is 0 Å². The van der Waals surface area contributed by atoms with E-state index in [4.69, 9.17) is 13.9 Å². The van der Waals surface area contributed by atoms with Gasteiger partial charge in [0, 0.05) is 12.7 Å². The molecule has 0 aliphatic rings. The third-order valence-corrected chi connectivity index (χ3v) is 3.95. The van der Waals surface area contributed by atoms with Gasteiger partial charge in [0.05, 0.1) is 32.6 Å². The molecule has 0 aliphatic carbocycles. The molecule has 2 N–H and O–H groups in total. The molecule has 27 heavy (non-hydrogen) atoms. The Morgan fingerprint density at radius 3 is 2.59 bits per heavy atom. The number of aromatic nitrogens is 1. The van der Waals surface area contributed by atoms with Crippen LogP contribution in [0.3, 0.4) is 0 Å². The van der Waals surface area contributed by atoms with Crippen LogP contribution in [0.1, 0.15) is 21.7 Å². The van der Waals surface area contributed by atoms with Crippen LogP contribution in [0.25, 0.3) is 0 Å². The number of carbonyl (C=O) groups is 1. The van der Waals surface area contributed by atoms with Crippen molar-refractivity contribution in [3.8, 4) is 11.5 Å². The Bertz CT molecular complexity index is 877. The van der Waals surface area contributed by atoms with Gasteiger partial charge in [-0.3, -0.25) is 4.79 Å². The van der Waals surface area contributed by atoms with Gasteiger partial charge in [-0.1, -0.05) is 6.07 Å². The van der Waals surface area contributed by atoms with E-state index in [2.05, 4.69) is 15.6 Å². The number of methoxy groups -OCH3 is 2. The highest BCUT2D eigenvalue weighted by Gasteiger charge is 2.08. The number of amides is 1. The van der Waals surface area contributed by atoms with E-state index in [0.717, 1.165) is 5.56 Å². The molecule has 0 fully saturated rings. The molecule has 3 aromatic rings. The maximum Gasteiger partial charge on any atom is 0.253 e. The molecule has 0 unspecified atom stereocenters. The Kier molecular flexibility index (Phi) is 5.94. The Balaban J connectivity index is 1.55. The topological polar surface area (TPSA) is 85.6 Å². The van der Waals surface area contributed by atoms with Crippen molar-refractivity contribution >= 4 is 11.7 Å². The summed E-state index contributed by atoms with van der Waals surface area (Å²) in [4.78, 5) is 16.4. The molecular formula is C20H21N3O4. The Labute approximate surface area is 157 Å². The molecule has 0 saturated heterocycles. The third-order valence-electron chi connectivity index (χ3n) is 3.95. The molecule has 140 valence electrons. The summed E-state index contributed by atoms with van der Waals surface area (Å²) in [6, 6.07) is 12.8. The number of carbonyl (C=O) groups excluding carboxylic acids is 1. The first kappa shape index (κ1) is 18.3. The summed E-state index contributed by atoms with van der Waals surface area (Å²) in [5.41, 5.74) is 1.51. The monoisotopic (exact) mass is 367 g/mol. The smallest absolute Gasteiger partial charge is 0.253 e. The van der Waals surface area contributed by atoms with Gasteiger partial charge in [-0.05, 0) is 42.0 Å². The summed E-state index contributed by atoms with van der Waals surface area (Å²) in [6.45, 7) is 0.905. The van der Waals surface area contributed by atoms with Gasteiger partial charge in [0.15, 0.2) is 11.5 Å². The summed E-state index contributed by atoms with van der Waals surface area (Å²) in [7, 11) is 3.21. The van der Waals surface area contributed by atoms with Crippen molar-refractivity contribution < 1.29 is 18.7 Å². The average Bonchev–Trinajstić information content (AvgIpc) is 3.24. The normalized spacial score (nSPS) is 10.3. The number of nitrogens with zero attached hydrogens (tertiary/aromatic N) is 1. The predicted octanol–water partition coefficient (Wildman–Crippen LogP) is 3.23. The van der Waals surface area contributed by atoms with Gasteiger partial charge >= 0.3 is 0 Å². The number of benzene rings is 1. The number of rotatable bonds is 8. The van der Waals surface area contributed by atoms with Crippen molar-refractivity contribution in [1.82, 2.24) is 10.3 Å². The van der Waals surface area contributed by atoms with E-state index in [9.17, 15) is 4.79 Å². The van der Waals surface area contributed by atoms with E-state index in [-0.39, 0.29) is 5.91 Å². The first-order valence-corrected chi connectivity index (χ1v) is 8.41. The van der Waals surface area contributed by atoms with E-state index in [0.29, 0.717) is 41.7 Å². The minimum atomic E-state index is -0.203. The fourth-order valence-electron chi connectivity index (χ4n) is 2.50. The highest BCUT2D eigenvalue weighted by atomic mass is 16.5. The summed E-state index contributed by atoms with van der Waals surface area (Å²) in [5.74, 6) is 2.53. The first-order chi connectivity index (χ1) is 13.2. The lowest BCUT2D eigenvalue weighted by Crippen LogP contribution is -2.22. The van der Waals surface area contributed by atoms with E-state index < -0.39 is 0 Å². The molecule has 0 bridgehead atoms. The molecule has 7 heteroatoms. The second-order valence-corrected chi connectivity index (χ2v) is 5.74. The molecule has 0 aliphatic heterocycles. The van der Waals surface area contributed by atoms with Crippen molar-refractivity contribution in [2.75, 3.05) is 19.5 Å². The third kappa shape index (κ3) is 4.78. The Morgan fingerprint density at radius 1 is 1.07 bits per heavy atom. The van der Waals surface area contributed by atoms with Crippen LogP contribution >= 0.6 is 0 Å². The molecule has 1 aromatic carbocycles. The zero-order valence-corrected chi connectivity index (χ0v) is 15.2. The largest absolute Gasteiger partial charge is 0.493 e. The molecule has 0 spiro atoms.